The second-order valence-electron chi connectivity index (χ2n) is 7.35. The third-order valence-corrected chi connectivity index (χ3v) is 6.37. The molecule has 1 N–H and O–H groups in total. The first kappa shape index (κ1) is 21.2. The molecular weight excluding hydrogens is 388 g/mol. The SMILES string of the molecule is CCc1cccc(CC)c1NC(=O)C1CCN(S(C)(=O)=O)c2cc(C)ccc2O1. The van der Waals surface area contributed by atoms with Gasteiger partial charge in [0.25, 0.3) is 5.91 Å². The zero-order chi connectivity index (χ0) is 21.2. The molecule has 0 saturated carbocycles. The van der Waals surface area contributed by atoms with Crippen LogP contribution in [0.25, 0.3) is 0 Å². The van der Waals surface area contributed by atoms with E-state index in [1.807, 2.05) is 31.2 Å². The molecule has 3 rings (SSSR count). The van der Waals surface area contributed by atoms with Gasteiger partial charge in [-0.05, 0) is 48.6 Å². The Balaban J connectivity index is 1.92. The van der Waals surface area contributed by atoms with Crippen molar-refractivity contribution in [2.24, 2.45) is 0 Å². The Morgan fingerprint density at radius 1 is 1.17 bits per heavy atom. The molecule has 0 aliphatic carbocycles. The normalized spacial score (nSPS) is 16.6. The van der Waals surface area contributed by atoms with Crippen molar-refractivity contribution >= 4 is 27.3 Å². The zero-order valence-electron chi connectivity index (χ0n) is 17.4. The Hall–Kier alpha value is -2.54. The Morgan fingerprint density at radius 2 is 1.83 bits per heavy atom. The van der Waals surface area contributed by atoms with Crippen LogP contribution in [-0.4, -0.2) is 33.2 Å². The van der Waals surface area contributed by atoms with E-state index >= 15 is 0 Å². The summed E-state index contributed by atoms with van der Waals surface area (Å²) < 4.78 is 32.0. The van der Waals surface area contributed by atoms with E-state index < -0.39 is 16.1 Å². The average molecular weight is 417 g/mol. The Morgan fingerprint density at radius 3 is 2.41 bits per heavy atom. The number of fused-ring (bicyclic) bond motifs is 1. The molecule has 29 heavy (non-hydrogen) atoms. The molecule has 2 aromatic rings. The van der Waals surface area contributed by atoms with E-state index in [9.17, 15) is 13.2 Å². The van der Waals surface area contributed by atoms with Crippen molar-refractivity contribution in [3.05, 3.63) is 53.1 Å². The highest BCUT2D eigenvalue weighted by Crippen LogP contribution is 2.35. The summed E-state index contributed by atoms with van der Waals surface area (Å²) >= 11 is 0. The van der Waals surface area contributed by atoms with Gasteiger partial charge < -0.3 is 10.1 Å². The lowest BCUT2D eigenvalue weighted by Gasteiger charge is -2.21. The largest absolute Gasteiger partial charge is 0.478 e. The quantitative estimate of drug-likeness (QED) is 0.807. The predicted molar refractivity (Wildman–Crippen MR) is 116 cm³/mol. The van der Waals surface area contributed by atoms with Gasteiger partial charge in [-0.25, -0.2) is 8.42 Å². The second-order valence-corrected chi connectivity index (χ2v) is 9.26. The van der Waals surface area contributed by atoms with E-state index in [2.05, 4.69) is 19.2 Å². The minimum absolute atomic E-state index is 0.184. The fraction of sp³-hybridized carbons (Fsp3) is 0.409. The third kappa shape index (κ3) is 4.56. The monoisotopic (exact) mass is 416 g/mol. The van der Waals surface area contributed by atoms with Crippen molar-refractivity contribution in [2.75, 3.05) is 22.4 Å². The van der Waals surface area contributed by atoms with Crippen LogP contribution in [0, 0.1) is 6.92 Å². The van der Waals surface area contributed by atoms with E-state index in [4.69, 9.17) is 4.74 Å². The maximum absolute atomic E-state index is 13.1. The van der Waals surface area contributed by atoms with E-state index in [0.717, 1.165) is 35.2 Å². The van der Waals surface area contributed by atoms with Gasteiger partial charge in [0, 0.05) is 18.7 Å². The molecule has 1 aliphatic heterocycles. The van der Waals surface area contributed by atoms with Crippen LogP contribution in [0.1, 0.15) is 37.0 Å². The first-order valence-electron chi connectivity index (χ1n) is 9.91. The molecule has 0 aromatic heterocycles. The molecule has 0 spiro atoms. The van der Waals surface area contributed by atoms with Crippen LogP contribution in [0.3, 0.4) is 0 Å². The number of nitrogens with one attached hydrogen (secondary N) is 1. The minimum Gasteiger partial charge on any atom is -0.478 e. The molecular formula is C22H28N2O4S. The molecule has 0 bridgehead atoms. The number of hydrogen-bond donors (Lipinski definition) is 1. The standard InChI is InChI=1S/C22H28N2O4S/c1-5-16-8-7-9-17(6-2)21(16)23-22(25)20-12-13-24(29(4,26)27)18-14-15(3)10-11-19(18)28-20/h7-11,14,20H,5-6,12-13H2,1-4H3,(H,23,25). The lowest BCUT2D eigenvalue weighted by atomic mass is 10.0. The Labute approximate surface area is 172 Å². The number of aryl methyl sites for hydroxylation is 3. The van der Waals surface area contributed by atoms with Gasteiger partial charge in [-0.15, -0.1) is 0 Å². The maximum atomic E-state index is 13.1. The molecule has 6 nitrogen and oxygen atoms in total. The average Bonchev–Trinajstić information content (AvgIpc) is 2.87. The maximum Gasteiger partial charge on any atom is 0.265 e. The molecule has 0 fully saturated rings. The third-order valence-electron chi connectivity index (χ3n) is 5.19. The molecule has 1 heterocycles. The molecule has 2 aromatic carbocycles. The number of carbonyl (C=O) groups excluding carboxylic acids is 1. The molecule has 1 aliphatic rings. The molecule has 0 radical (unpaired) electrons. The highest BCUT2D eigenvalue weighted by Gasteiger charge is 2.31. The predicted octanol–water partition coefficient (Wildman–Crippen LogP) is 3.68. The van der Waals surface area contributed by atoms with Crippen molar-refractivity contribution < 1.29 is 17.9 Å². The van der Waals surface area contributed by atoms with Gasteiger partial charge in [-0.1, -0.05) is 38.1 Å². The summed E-state index contributed by atoms with van der Waals surface area (Å²) in [5.74, 6) is 0.139. The molecule has 1 amide bonds. The molecule has 156 valence electrons. The van der Waals surface area contributed by atoms with E-state index in [0.29, 0.717) is 11.4 Å². The van der Waals surface area contributed by atoms with Gasteiger partial charge in [-0.3, -0.25) is 9.10 Å². The van der Waals surface area contributed by atoms with Gasteiger partial charge >= 0.3 is 0 Å². The van der Waals surface area contributed by atoms with Crippen LogP contribution in [0.4, 0.5) is 11.4 Å². The molecule has 0 saturated heterocycles. The van der Waals surface area contributed by atoms with Crippen molar-refractivity contribution in [3.63, 3.8) is 0 Å². The highest BCUT2D eigenvalue weighted by molar-refractivity contribution is 7.92. The van der Waals surface area contributed by atoms with E-state index in [-0.39, 0.29) is 18.9 Å². The van der Waals surface area contributed by atoms with Gasteiger partial charge in [0.1, 0.15) is 5.75 Å². The summed E-state index contributed by atoms with van der Waals surface area (Å²) in [6.07, 6.45) is 2.27. The highest BCUT2D eigenvalue weighted by atomic mass is 32.2. The van der Waals surface area contributed by atoms with Crippen LogP contribution in [0.5, 0.6) is 5.75 Å². The van der Waals surface area contributed by atoms with Gasteiger partial charge in [-0.2, -0.15) is 0 Å². The van der Waals surface area contributed by atoms with Crippen LogP contribution >= 0.6 is 0 Å². The number of para-hydroxylation sites is 1. The number of nitrogens with zero attached hydrogens (tertiary/aromatic N) is 1. The summed E-state index contributed by atoms with van der Waals surface area (Å²) in [5, 5.41) is 3.04. The summed E-state index contributed by atoms with van der Waals surface area (Å²) in [7, 11) is -3.49. The topological polar surface area (TPSA) is 75.7 Å². The Bertz CT molecular complexity index is 995. The summed E-state index contributed by atoms with van der Waals surface area (Å²) in [4.78, 5) is 13.1. The fourth-order valence-electron chi connectivity index (χ4n) is 3.63. The number of rotatable bonds is 5. The van der Waals surface area contributed by atoms with Crippen LogP contribution in [0.2, 0.25) is 0 Å². The zero-order valence-corrected chi connectivity index (χ0v) is 18.2. The van der Waals surface area contributed by atoms with Crippen LogP contribution < -0.4 is 14.4 Å². The van der Waals surface area contributed by atoms with Crippen LogP contribution in [0.15, 0.2) is 36.4 Å². The van der Waals surface area contributed by atoms with Gasteiger partial charge in [0.15, 0.2) is 6.10 Å². The van der Waals surface area contributed by atoms with Crippen molar-refractivity contribution in [3.8, 4) is 5.75 Å². The number of sulfonamides is 1. The Kier molecular flexibility index (Phi) is 6.17. The fourth-order valence-corrected chi connectivity index (χ4v) is 4.56. The number of benzene rings is 2. The van der Waals surface area contributed by atoms with Crippen LogP contribution in [-0.2, 0) is 27.7 Å². The first-order valence-corrected chi connectivity index (χ1v) is 11.8. The lowest BCUT2D eigenvalue weighted by molar-refractivity contribution is -0.122. The van der Waals surface area contributed by atoms with E-state index in [1.165, 1.54) is 10.6 Å². The smallest absolute Gasteiger partial charge is 0.265 e. The summed E-state index contributed by atoms with van der Waals surface area (Å²) in [6.45, 7) is 6.18. The minimum atomic E-state index is -3.49. The number of carbonyl (C=O) groups is 1. The second kappa shape index (κ2) is 8.45. The number of amides is 1. The van der Waals surface area contributed by atoms with Gasteiger partial charge in [0.05, 0.1) is 11.9 Å². The summed E-state index contributed by atoms with van der Waals surface area (Å²) in [6, 6.07) is 11.4. The number of ether oxygens (including phenoxy) is 1. The van der Waals surface area contributed by atoms with Gasteiger partial charge in [0.2, 0.25) is 10.0 Å². The number of anilines is 2. The van der Waals surface area contributed by atoms with E-state index in [1.54, 1.807) is 12.1 Å². The molecule has 7 heteroatoms. The molecule has 1 unspecified atom stereocenters. The van der Waals surface area contributed by atoms with Crippen molar-refractivity contribution in [1.29, 1.82) is 0 Å². The van der Waals surface area contributed by atoms with Crippen molar-refractivity contribution in [1.82, 2.24) is 0 Å². The first-order chi connectivity index (χ1) is 13.7. The van der Waals surface area contributed by atoms with Crippen molar-refractivity contribution in [2.45, 2.75) is 46.1 Å². The number of hydrogen-bond acceptors (Lipinski definition) is 4. The molecule has 1 atom stereocenters. The lowest BCUT2D eigenvalue weighted by Crippen LogP contribution is -2.36. The summed E-state index contributed by atoms with van der Waals surface area (Å²) in [5.41, 5.74) is 4.37.